The molecular formula is C17H27ClN4OS2. The summed E-state index contributed by atoms with van der Waals surface area (Å²) in [5.74, 6) is 0.919. The third kappa shape index (κ3) is 5.54. The number of amides is 1. The number of carbonyl (C=O) groups excluding carboxylic acids is 1. The van der Waals surface area contributed by atoms with Gasteiger partial charge in [0.2, 0.25) is 5.91 Å². The van der Waals surface area contributed by atoms with Crippen LogP contribution >= 0.6 is 35.5 Å². The van der Waals surface area contributed by atoms with Crippen molar-refractivity contribution in [1.29, 1.82) is 0 Å². The van der Waals surface area contributed by atoms with Crippen LogP contribution in [0.15, 0.2) is 11.4 Å². The molecule has 0 aliphatic carbocycles. The highest BCUT2D eigenvalue weighted by Crippen LogP contribution is 2.34. The van der Waals surface area contributed by atoms with Gasteiger partial charge < -0.3 is 10.6 Å². The molecule has 140 valence electrons. The topological polar surface area (TPSA) is 72.1 Å². The second kappa shape index (κ2) is 9.71. The summed E-state index contributed by atoms with van der Waals surface area (Å²) < 4.78 is 0. The van der Waals surface area contributed by atoms with Crippen LogP contribution in [0.1, 0.15) is 30.7 Å². The molecule has 2 heterocycles. The Morgan fingerprint density at radius 2 is 2.04 bits per heavy atom. The summed E-state index contributed by atoms with van der Waals surface area (Å²) in [7, 11) is 1.84. The summed E-state index contributed by atoms with van der Waals surface area (Å²) in [4.78, 5) is 25.1. The van der Waals surface area contributed by atoms with Crippen LogP contribution in [0.25, 0.3) is 10.2 Å². The maximum absolute atomic E-state index is 12.3. The van der Waals surface area contributed by atoms with E-state index in [0.29, 0.717) is 18.2 Å². The molecule has 0 aromatic carbocycles. The largest absolute Gasteiger partial charge is 0.345 e. The van der Waals surface area contributed by atoms with Crippen LogP contribution in [0.4, 0.5) is 0 Å². The number of thioether (sulfide) groups is 1. The number of fused-ring (bicyclic) bond motifs is 1. The van der Waals surface area contributed by atoms with Gasteiger partial charge in [-0.15, -0.1) is 23.7 Å². The second-order valence-electron chi connectivity index (χ2n) is 6.44. The van der Waals surface area contributed by atoms with Gasteiger partial charge in [-0.3, -0.25) is 4.79 Å². The van der Waals surface area contributed by atoms with Crippen LogP contribution in [0, 0.1) is 19.8 Å². The standard InChI is InChI=1S/C17H26N4OS2.ClH/c1-10(2)13(18)6-7-21(5)14(22)8-23-16-15-11(3)12(4)24-17(15)20-9-19-16;/h9-10,13H,6-8,18H2,1-5H3;1H. The highest BCUT2D eigenvalue weighted by molar-refractivity contribution is 8.00. The Balaban J connectivity index is 0.00000312. The Bertz CT molecular complexity index is 720. The molecule has 0 fully saturated rings. The smallest absolute Gasteiger partial charge is 0.232 e. The summed E-state index contributed by atoms with van der Waals surface area (Å²) in [5, 5.41) is 1.98. The van der Waals surface area contributed by atoms with Gasteiger partial charge in [0.15, 0.2) is 0 Å². The van der Waals surface area contributed by atoms with E-state index in [4.69, 9.17) is 5.73 Å². The summed E-state index contributed by atoms with van der Waals surface area (Å²) in [5.41, 5.74) is 7.26. The van der Waals surface area contributed by atoms with Crippen molar-refractivity contribution >= 4 is 51.6 Å². The second-order valence-corrected chi connectivity index (χ2v) is 8.61. The van der Waals surface area contributed by atoms with Gasteiger partial charge in [-0.1, -0.05) is 25.6 Å². The lowest BCUT2D eigenvalue weighted by Crippen LogP contribution is -2.35. The average molecular weight is 403 g/mol. The molecule has 2 aromatic rings. The average Bonchev–Trinajstić information content (AvgIpc) is 2.84. The lowest BCUT2D eigenvalue weighted by Gasteiger charge is -2.21. The number of thiophene rings is 1. The van der Waals surface area contributed by atoms with E-state index in [1.807, 2.05) is 7.05 Å². The zero-order valence-electron chi connectivity index (χ0n) is 15.4. The van der Waals surface area contributed by atoms with E-state index >= 15 is 0 Å². The van der Waals surface area contributed by atoms with Gasteiger partial charge in [0, 0.05) is 29.9 Å². The number of nitrogens with two attached hydrogens (primary N) is 1. The molecule has 1 amide bonds. The number of nitrogens with zero attached hydrogens (tertiary/aromatic N) is 3. The Morgan fingerprint density at radius 3 is 2.68 bits per heavy atom. The molecular weight excluding hydrogens is 376 g/mol. The normalized spacial score (nSPS) is 12.3. The van der Waals surface area contributed by atoms with Gasteiger partial charge in [-0.2, -0.15) is 0 Å². The van der Waals surface area contributed by atoms with Crippen molar-refractivity contribution in [2.24, 2.45) is 11.7 Å². The van der Waals surface area contributed by atoms with Crippen molar-refractivity contribution in [1.82, 2.24) is 14.9 Å². The van der Waals surface area contributed by atoms with E-state index in [1.165, 1.54) is 22.2 Å². The zero-order chi connectivity index (χ0) is 17.9. The van der Waals surface area contributed by atoms with Crippen LogP contribution in [0.2, 0.25) is 0 Å². The number of aromatic nitrogens is 2. The quantitative estimate of drug-likeness (QED) is 0.565. The molecule has 2 aromatic heterocycles. The van der Waals surface area contributed by atoms with Crippen LogP contribution < -0.4 is 5.73 Å². The first-order valence-corrected chi connectivity index (χ1v) is 9.94. The maximum atomic E-state index is 12.3. The molecule has 0 radical (unpaired) electrons. The molecule has 0 bridgehead atoms. The van der Waals surface area contributed by atoms with Gasteiger partial charge in [0.25, 0.3) is 0 Å². The molecule has 25 heavy (non-hydrogen) atoms. The Labute approximate surface area is 164 Å². The molecule has 0 saturated heterocycles. The monoisotopic (exact) mass is 402 g/mol. The van der Waals surface area contributed by atoms with Crippen molar-refractivity contribution in [3.05, 3.63) is 16.8 Å². The minimum absolute atomic E-state index is 0. The van der Waals surface area contributed by atoms with Crippen molar-refractivity contribution in [2.45, 2.75) is 45.2 Å². The summed E-state index contributed by atoms with van der Waals surface area (Å²) in [6.45, 7) is 9.08. The van der Waals surface area contributed by atoms with Gasteiger partial charge in [-0.05, 0) is 31.7 Å². The number of carbonyl (C=O) groups is 1. The highest BCUT2D eigenvalue weighted by atomic mass is 35.5. The predicted octanol–water partition coefficient (Wildman–Crippen LogP) is 3.65. The molecule has 0 spiro atoms. The van der Waals surface area contributed by atoms with Crippen molar-refractivity contribution in [3.63, 3.8) is 0 Å². The zero-order valence-corrected chi connectivity index (χ0v) is 17.9. The summed E-state index contributed by atoms with van der Waals surface area (Å²) in [6.07, 6.45) is 2.40. The van der Waals surface area contributed by atoms with Crippen molar-refractivity contribution in [2.75, 3.05) is 19.3 Å². The molecule has 5 nitrogen and oxygen atoms in total. The third-order valence-electron chi connectivity index (χ3n) is 4.34. The van der Waals surface area contributed by atoms with Crippen molar-refractivity contribution in [3.8, 4) is 0 Å². The van der Waals surface area contributed by atoms with Crippen LogP contribution in [-0.4, -0.2) is 46.2 Å². The molecule has 2 N–H and O–H groups in total. The van der Waals surface area contributed by atoms with Gasteiger partial charge in [0.1, 0.15) is 16.2 Å². The molecule has 1 atom stereocenters. The first-order valence-electron chi connectivity index (χ1n) is 8.14. The van der Waals surface area contributed by atoms with Crippen LogP contribution in [-0.2, 0) is 4.79 Å². The molecule has 0 saturated carbocycles. The Morgan fingerprint density at radius 1 is 1.36 bits per heavy atom. The Hall–Kier alpha value is -0.890. The molecule has 0 aliphatic rings. The number of hydrogen-bond acceptors (Lipinski definition) is 6. The van der Waals surface area contributed by atoms with E-state index in [-0.39, 0.29) is 24.4 Å². The fraction of sp³-hybridized carbons (Fsp3) is 0.588. The number of rotatable bonds is 7. The van der Waals surface area contributed by atoms with E-state index in [1.54, 1.807) is 22.6 Å². The first-order chi connectivity index (χ1) is 11.3. The molecule has 0 aliphatic heterocycles. The molecule has 8 heteroatoms. The Kier molecular flexibility index (Phi) is 8.60. The van der Waals surface area contributed by atoms with E-state index in [0.717, 1.165) is 21.7 Å². The third-order valence-corrected chi connectivity index (χ3v) is 6.43. The van der Waals surface area contributed by atoms with Gasteiger partial charge in [-0.25, -0.2) is 9.97 Å². The number of halogens is 1. The first kappa shape index (κ1) is 22.2. The fourth-order valence-electron chi connectivity index (χ4n) is 2.30. The number of aryl methyl sites for hydroxylation is 2. The maximum Gasteiger partial charge on any atom is 0.232 e. The molecule has 2 rings (SSSR count). The SMILES string of the molecule is Cc1sc2ncnc(SCC(=O)N(C)CCC(N)C(C)C)c2c1C.Cl. The lowest BCUT2D eigenvalue weighted by molar-refractivity contribution is -0.127. The van der Waals surface area contributed by atoms with Crippen LogP contribution in [0.3, 0.4) is 0 Å². The van der Waals surface area contributed by atoms with E-state index in [2.05, 4.69) is 37.7 Å². The summed E-state index contributed by atoms with van der Waals surface area (Å²) >= 11 is 3.16. The summed E-state index contributed by atoms with van der Waals surface area (Å²) in [6, 6.07) is 0.130. The van der Waals surface area contributed by atoms with Crippen molar-refractivity contribution < 1.29 is 4.79 Å². The minimum atomic E-state index is 0. The van der Waals surface area contributed by atoms with Gasteiger partial charge in [0.05, 0.1) is 5.75 Å². The van der Waals surface area contributed by atoms with E-state index in [9.17, 15) is 4.79 Å². The van der Waals surface area contributed by atoms with E-state index < -0.39 is 0 Å². The fourth-order valence-corrected chi connectivity index (χ4v) is 4.36. The highest BCUT2D eigenvalue weighted by Gasteiger charge is 2.16. The molecule has 1 unspecified atom stereocenters. The van der Waals surface area contributed by atoms with Crippen LogP contribution in [0.5, 0.6) is 0 Å². The predicted molar refractivity (Wildman–Crippen MR) is 110 cm³/mol. The minimum Gasteiger partial charge on any atom is -0.345 e. The lowest BCUT2D eigenvalue weighted by atomic mass is 10.0. The van der Waals surface area contributed by atoms with Gasteiger partial charge >= 0.3 is 0 Å². The number of hydrogen-bond donors (Lipinski definition) is 1.